The zero-order valence-electron chi connectivity index (χ0n) is 18.0. The van der Waals surface area contributed by atoms with Crippen LogP contribution in [0.4, 0.5) is 0 Å². The third-order valence-corrected chi connectivity index (χ3v) is 5.91. The van der Waals surface area contributed by atoms with E-state index >= 15 is 0 Å². The summed E-state index contributed by atoms with van der Waals surface area (Å²) in [4.78, 5) is 0. The average molecular weight is 410 g/mol. The van der Waals surface area contributed by atoms with Gasteiger partial charge in [0.25, 0.3) is 0 Å². The van der Waals surface area contributed by atoms with Gasteiger partial charge < -0.3 is 0 Å². The highest BCUT2D eigenvalue weighted by molar-refractivity contribution is 5.86. The van der Waals surface area contributed by atoms with Gasteiger partial charge in [-0.2, -0.15) is 0 Å². The topological polar surface area (TPSA) is 0 Å². The molecule has 0 bridgehead atoms. The van der Waals surface area contributed by atoms with Gasteiger partial charge in [0.1, 0.15) is 0 Å². The summed E-state index contributed by atoms with van der Waals surface area (Å²) in [6.07, 6.45) is 0.860. The van der Waals surface area contributed by atoms with Crippen molar-refractivity contribution in [2.24, 2.45) is 0 Å². The van der Waals surface area contributed by atoms with E-state index in [1.54, 1.807) is 0 Å². The second-order valence-corrected chi connectivity index (χ2v) is 7.96. The molecule has 5 aromatic carbocycles. The normalized spacial score (nSPS) is 10.9. The minimum atomic E-state index is 0.860. The molecule has 0 N–H and O–H groups in total. The van der Waals surface area contributed by atoms with E-state index in [-0.39, 0.29) is 0 Å². The maximum Gasteiger partial charge on any atom is 0.0383 e. The molecule has 0 unspecified atom stereocenters. The van der Waals surface area contributed by atoms with Crippen molar-refractivity contribution in [3.05, 3.63) is 162 Å². The van der Waals surface area contributed by atoms with E-state index in [0.717, 1.165) is 6.42 Å². The molecule has 0 atom stereocenters. The fourth-order valence-corrected chi connectivity index (χ4v) is 4.39. The predicted molar refractivity (Wildman–Crippen MR) is 135 cm³/mol. The molecule has 5 aromatic rings. The first kappa shape index (κ1) is 20.0. The largest absolute Gasteiger partial charge is 0.0622 e. The lowest BCUT2D eigenvalue weighted by Crippen LogP contribution is -2.07. The Morgan fingerprint density at radius 1 is 0.406 bits per heavy atom. The summed E-state index contributed by atoms with van der Waals surface area (Å²) in [5.74, 6) is 1.34. The van der Waals surface area contributed by atoms with Gasteiger partial charge in [0.05, 0.1) is 0 Å². The SMILES string of the molecule is c1ccc([C](Cc2cccc(-c3ccccc3)c2-c2ccccc2)c2ccccc2)cc1. The van der Waals surface area contributed by atoms with E-state index in [1.165, 1.54) is 44.9 Å². The Kier molecular flexibility index (Phi) is 5.94. The minimum absolute atomic E-state index is 0.860. The van der Waals surface area contributed by atoms with Crippen molar-refractivity contribution in [2.45, 2.75) is 6.42 Å². The Morgan fingerprint density at radius 3 is 1.41 bits per heavy atom. The van der Waals surface area contributed by atoms with Crippen molar-refractivity contribution in [1.29, 1.82) is 0 Å². The van der Waals surface area contributed by atoms with Gasteiger partial charge in [0.2, 0.25) is 0 Å². The molecule has 32 heavy (non-hydrogen) atoms. The fraction of sp³-hybridized carbons (Fsp3) is 0.0312. The molecule has 5 rings (SSSR count). The molecule has 0 spiro atoms. The van der Waals surface area contributed by atoms with E-state index in [9.17, 15) is 0 Å². The van der Waals surface area contributed by atoms with Crippen LogP contribution in [0.1, 0.15) is 16.7 Å². The van der Waals surface area contributed by atoms with Crippen LogP contribution in [0.2, 0.25) is 0 Å². The van der Waals surface area contributed by atoms with Crippen LogP contribution >= 0.6 is 0 Å². The molecule has 0 amide bonds. The quantitative estimate of drug-likeness (QED) is 0.265. The van der Waals surface area contributed by atoms with Crippen molar-refractivity contribution in [3.63, 3.8) is 0 Å². The van der Waals surface area contributed by atoms with Gasteiger partial charge in [-0.25, -0.2) is 0 Å². The van der Waals surface area contributed by atoms with Gasteiger partial charge in [-0.1, -0.05) is 140 Å². The molecule has 0 fully saturated rings. The third-order valence-electron chi connectivity index (χ3n) is 5.91. The van der Waals surface area contributed by atoms with Gasteiger partial charge in [-0.15, -0.1) is 0 Å². The van der Waals surface area contributed by atoms with Crippen LogP contribution in [0.5, 0.6) is 0 Å². The molecule has 0 heterocycles. The molecule has 0 aliphatic rings. The molecule has 0 aliphatic heterocycles. The maximum atomic E-state index is 2.28. The van der Waals surface area contributed by atoms with E-state index in [1.807, 2.05) is 0 Å². The average Bonchev–Trinajstić information content (AvgIpc) is 2.89. The number of benzene rings is 5. The Morgan fingerprint density at radius 2 is 0.875 bits per heavy atom. The first-order chi connectivity index (χ1) is 15.9. The number of rotatable bonds is 6. The standard InChI is InChI=1S/C32H25/c1-5-14-25(15-6-1)30-23-13-22-29(32(30)28-20-11-4-12-21-28)24-31(26-16-7-2-8-17-26)27-18-9-3-10-19-27/h1-23H,24H2. The van der Waals surface area contributed by atoms with Gasteiger partial charge in [-0.3, -0.25) is 0 Å². The molecule has 0 heteroatoms. The second-order valence-electron chi connectivity index (χ2n) is 7.96. The van der Waals surface area contributed by atoms with Gasteiger partial charge in [0.15, 0.2) is 0 Å². The molecule has 0 nitrogen and oxygen atoms in total. The Hall–Kier alpha value is -3.90. The zero-order valence-corrected chi connectivity index (χ0v) is 18.0. The van der Waals surface area contributed by atoms with Crippen LogP contribution in [0.15, 0.2) is 140 Å². The molecular weight excluding hydrogens is 384 g/mol. The molecule has 0 saturated carbocycles. The van der Waals surface area contributed by atoms with Crippen molar-refractivity contribution in [3.8, 4) is 22.3 Å². The van der Waals surface area contributed by atoms with E-state index in [4.69, 9.17) is 0 Å². The number of hydrogen-bond donors (Lipinski definition) is 0. The molecule has 0 saturated heterocycles. The summed E-state index contributed by atoms with van der Waals surface area (Å²) in [5.41, 5.74) is 8.95. The maximum absolute atomic E-state index is 2.28. The second kappa shape index (κ2) is 9.49. The lowest BCUT2D eigenvalue weighted by Gasteiger charge is -2.21. The molecule has 0 aliphatic carbocycles. The first-order valence-corrected chi connectivity index (χ1v) is 11.1. The molecular formula is C32H25. The van der Waals surface area contributed by atoms with Gasteiger partial charge in [-0.05, 0) is 45.4 Å². The van der Waals surface area contributed by atoms with Gasteiger partial charge >= 0.3 is 0 Å². The van der Waals surface area contributed by atoms with Crippen molar-refractivity contribution in [2.75, 3.05) is 0 Å². The minimum Gasteiger partial charge on any atom is -0.0622 e. The summed E-state index contributed by atoms with van der Waals surface area (Å²) in [6.45, 7) is 0. The van der Waals surface area contributed by atoms with Crippen LogP contribution in [0.3, 0.4) is 0 Å². The van der Waals surface area contributed by atoms with E-state index in [0.29, 0.717) is 0 Å². The monoisotopic (exact) mass is 409 g/mol. The van der Waals surface area contributed by atoms with Crippen LogP contribution in [0, 0.1) is 5.92 Å². The summed E-state index contributed by atoms with van der Waals surface area (Å²) in [6, 6.07) is 49.7. The fourth-order valence-electron chi connectivity index (χ4n) is 4.39. The molecule has 153 valence electrons. The van der Waals surface area contributed by atoms with Crippen LogP contribution in [0.25, 0.3) is 22.3 Å². The van der Waals surface area contributed by atoms with E-state index in [2.05, 4.69) is 140 Å². The zero-order chi connectivity index (χ0) is 21.6. The van der Waals surface area contributed by atoms with Crippen molar-refractivity contribution >= 4 is 0 Å². The predicted octanol–water partition coefficient (Wildman–Crippen LogP) is 8.23. The lowest BCUT2D eigenvalue weighted by atomic mass is 9.82. The highest BCUT2D eigenvalue weighted by atomic mass is 14.2. The highest BCUT2D eigenvalue weighted by Gasteiger charge is 2.20. The smallest absolute Gasteiger partial charge is 0.0383 e. The lowest BCUT2D eigenvalue weighted by molar-refractivity contribution is 1.03. The summed E-state index contributed by atoms with van der Waals surface area (Å²) < 4.78 is 0. The van der Waals surface area contributed by atoms with Crippen LogP contribution < -0.4 is 0 Å². The summed E-state index contributed by atoms with van der Waals surface area (Å²) in [5, 5.41) is 0. The summed E-state index contributed by atoms with van der Waals surface area (Å²) >= 11 is 0. The molecule has 0 aromatic heterocycles. The number of hydrogen-bond acceptors (Lipinski definition) is 0. The van der Waals surface area contributed by atoms with Crippen molar-refractivity contribution in [1.82, 2.24) is 0 Å². The first-order valence-electron chi connectivity index (χ1n) is 11.1. The Bertz CT molecular complexity index is 1220. The van der Waals surface area contributed by atoms with Crippen molar-refractivity contribution < 1.29 is 0 Å². The van der Waals surface area contributed by atoms with Crippen LogP contribution in [-0.2, 0) is 6.42 Å². The van der Waals surface area contributed by atoms with Crippen LogP contribution in [-0.4, -0.2) is 0 Å². The highest BCUT2D eigenvalue weighted by Crippen LogP contribution is 2.38. The van der Waals surface area contributed by atoms with E-state index < -0.39 is 0 Å². The Labute approximate surface area is 190 Å². The van der Waals surface area contributed by atoms with Gasteiger partial charge in [0, 0.05) is 5.92 Å². The molecule has 1 radical (unpaired) electrons. The summed E-state index contributed by atoms with van der Waals surface area (Å²) in [7, 11) is 0. The Balaban J connectivity index is 1.67. The third kappa shape index (κ3) is 4.26.